The van der Waals surface area contributed by atoms with E-state index in [1.165, 1.54) is 12.8 Å². The lowest BCUT2D eigenvalue weighted by Gasteiger charge is -2.42. The molecule has 1 aliphatic carbocycles. The highest BCUT2D eigenvalue weighted by atomic mass is 16.4. The second-order valence-electron chi connectivity index (χ2n) is 5.79. The van der Waals surface area contributed by atoms with Crippen LogP contribution >= 0.6 is 0 Å². The minimum Gasteiger partial charge on any atom is -0.480 e. The average Bonchev–Trinajstić information content (AvgIpc) is 2.25. The molecule has 1 rings (SSSR count). The van der Waals surface area contributed by atoms with Crippen LogP contribution in [0.5, 0.6) is 0 Å². The maximum absolute atomic E-state index is 11.0. The second kappa shape index (κ2) is 6.39. The Labute approximate surface area is 105 Å². The fourth-order valence-electron chi connectivity index (χ4n) is 3.13. The largest absolute Gasteiger partial charge is 0.480 e. The molecule has 1 N–H and O–H groups in total. The fourth-order valence-corrected chi connectivity index (χ4v) is 3.13. The second-order valence-corrected chi connectivity index (χ2v) is 5.79. The lowest BCUT2D eigenvalue weighted by molar-refractivity contribution is -0.140. The van der Waals surface area contributed by atoms with Gasteiger partial charge in [0.25, 0.3) is 0 Å². The average molecular weight is 241 g/mol. The van der Waals surface area contributed by atoms with Gasteiger partial charge in [0, 0.05) is 12.1 Å². The van der Waals surface area contributed by atoms with Crippen LogP contribution in [0.3, 0.4) is 0 Å². The molecule has 1 aliphatic rings. The Morgan fingerprint density at radius 3 is 2.53 bits per heavy atom. The van der Waals surface area contributed by atoms with Crippen LogP contribution in [-0.2, 0) is 4.79 Å². The Morgan fingerprint density at radius 2 is 2.06 bits per heavy atom. The molecule has 0 saturated heterocycles. The van der Waals surface area contributed by atoms with E-state index < -0.39 is 5.97 Å². The smallest absolute Gasteiger partial charge is 0.317 e. The molecule has 0 heterocycles. The number of hydrogen-bond donors (Lipinski definition) is 1. The van der Waals surface area contributed by atoms with Crippen molar-refractivity contribution < 1.29 is 9.90 Å². The molecule has 0 amide bonds. The summed E-state index contributed by atoms with van der Waals surface area (Å²) in [5, 5.41) is 9.06. The number of nitrogens with zero attached hydrogens (tertiary/aromatic N) is 1. The zero-order chi connectivity index (χ0) is 13.0. The summed E-state index contributed by atoms with van der Waals surface area (Å²) in [4.78, 5) is 13.2. The third kappa shape index (κ3) is 3.98. The molecule has 3 nitrogen and oxygen atoms in total. The standard InChI is InChI=1S/C14H27NO2/c1-5-12(4)15(9-14(16)17)13-7-6-10(2)8-11(13)3/h10-13H,5-9H2,1-4H3,(H,16,17). The highest BCUT2D eigenvalue weighted by molar-refractivity contribution is 5.69. The summed E-state index contributed by atoms with van der Waals surface area (Å²) in [6.07, 6.45) is 4.64. The number of rotatable bonds is 5. The zero-order valence-corrected chi connectivity index (χ0v) is 11.6. The van der Waals surface area contributed by atoms with Crippen LogP contribution in [0.4, 0.5) is 0 Å². The van der Waals surface area contributed by atoms with Crippen LogP contribution in [0.15, 0.2) is 0 Å². The summed E-state index contributed by atoms with van der Waals surface area (Å²) in [5.41, 5.74) is 0. The van der Waals surface area contributed by atoms with Crippen molar-refractivity contribution in [2.75, 3.05) is 6.54 Å². The monoisotopic (exact) mass is 241 g/mol. The van der Waals surface area contributed by atoms with E-state index in [0.29, 0.717) is 18.0 Å². The van der Waals surface area contributed by atoms with Crippen LogP contribution in [0.1, 0.15) is 53.4 Å². The van der Waals surface area contributed by atoms with E-state index in [4.69, 9.17) is 5.11 Å². The van der Waals surface area contributed by atoms with E-state index in [1.54, 1.807) is 0 Å². The molecule has 0 aromatic rings. The van der Waals surface area contributed by atoms with E-state index in [2.05, 4.69) is 32.6 Å². The molecule has 1 saturated carbocycles. The number of carboxylic acids is 1. The topological polar surface area (TPSA) is 40.5 Å². The summed E-state index contributed by atoms with van der Waals surface area (Å²) in [6.45, 7) is 9.05. The minimum atomic E-state index is -0.698. The molecular formula is C14H27NO2. The Hall–Kier alpha value is -0.570. The lowest BCUT2D eigenvalue weighted by Crippen LogP contribution is -2.49. The molecule has 4 atom stereocenters. The van der Waals surface area contributed by atoms with Crippen LogP contribution in [0.2, 0.25) is 0 Å². The van der Waals surface area contributed by atoms with Crippen molar-refractivity contribution in [3.63, 3.8) is 0 Å². The Kier molecular flexibility index (Phi) is 5.44. The van der Waals surface area contributed by atoms with Crippen LogP contribution in [0, 0.1) is 11.8 Å². The van der Waals surface area contributed by atoms with E-state index in [-0.39, 0.29) is 6.54 Å². The summed E-state index contributed by atoms with van der Waals surface area (Å²) >= 11 is 0. The van der Waals surface area contributed by atoms with Gasteiger partial charge in [-0.15, -0.1) is 0 Å². The van der Waals surface area contributed by atoms with Crippen molar-refractivity contribution in [3.05, 3.63) is 0 Å². The van der Waals surface area contributed by atoms with Gasteiger partial charge in [-0.1, -0.05) is 20.8 Å². The van der Waals surface area contributed by atoms with Crippen molar-refractivity contribution in [3.8, 4) is 0 Å². The van der Waals surface area contributed by atoms with Crippen molar-refractivity contribution in [2.24, 2.45) is 11.8 Å². The first kappa shape index (κ1) is 14.5. The third-order valence-electron chi connectivity index (χ3n) is 4.29. The molecule has 0 aliphatic heterocycles. The Bertz CT molecular complexity index is 255. The molecule has 0 aromatic heterocycles. The molecule has 100 valence electrons. The summed E-state index contributed by atoms with van der Waals surface area (Å²) in [7, 11) is 0. The van der Waals surface area contributed by atoms with Gasteiger partial charge in [-0.2, -0.15) is 0 Å². The lowest BCUT2D eigenvalue weighted by atomic mass is 9.78. The first-order valence-corrected chi connectivity index (χ1v) is 6.93. The van der Waals surface area contributed by atoms with Crippen LogP contribution < -0.4 is 0 Å². The maximum atomic E-state index is 11.0. The van der Waals surface area contributed by atoms with Crippen molar-refractivity contribution in [1.82, 2.24) is 4.90 Å². The molecule has 0 aromatic carbocycles. The van der Waals surface area contributed by atoms with E-state index in [9.17, 15) is 4.79 Å². The zero-order valence-electron chi connectivity index (χ0n) is 11.6. The number of hydrogen-bond acceptors (Lipinski definition) is 2. The van der Waals surface area contributed by atoms with Gasteiger partial charge < -0.3 is 5.11 Å². The molecule has 1 fully saturated rings. The Morgan fingerprint density at radius 1 is 1.41 bits per heavy atom. The predicted molar refractivity (Wildman–Crippen MR) is 70.1 cm³/mol. The molecule has 0 bridgehead atoms. The number of aliphatic carboxylic acids is 1. The van der Waals surface area contributed by atoms with Crippen molar-refractivity contribution in [1.29, 1.82) is 0 Å². The van der Waals surface area contributed by atoms with Gasteiger partial charge in [-0.05, 0) is 44.4 Å². The normalized spacial score (nSPS) is 31.5. The van der Waals surface area contributed by atoms with Gasteiger partial charge in [0.15, 0.2) is 0 Å². The van der Waals surface area contributed by atoms with Crippen LogP contribution in [-0.4, -0.2) is 34.6 Å². The third-order valence-corrected chi connectivity index (χ3v) is 4.29. The molecule has 17 heavy (non-hydrogen) atoms. The summed E-state index contributed by atoms with van der Waals surface area (Å²) in [5.74, 6) is 0.716. The SMILES string of the molecule is CCC(C)N(CC(=O)O)C1CCC(C)CC1C. The maximum Gasteiger partial charge on any atom is 0.317 e. The highest BCUT2D eigenvalue weighted by Gasteiger charge is 2.32. The molecule has 0 spiro atoms. The first-order valence-electron chi connectivity index (χ1n) is 6.93. The van der Waals surface area contributed by atoms with Gasteiger partial charge in [0.05, 0.1) is 6.54 Å². The van der Waals surface area contributed by atoms with Gasteiger partial charge in [0.2, 0.25) is 0 Å². The van der Waals surface area contributed by atoms with Gasteiger partial charge in [-0.25, -0.2) is 0 Å². The summed E-state index contributed by atoms with van der Waals surface area (Å²) in [6, 6.07) is 0.823. The quantitative estimate of drug-likeness (QED) is 0.804. The molecule has 0 radical (unpaired) electrons. The minimum absolute atomic E-state index is 0.193. The molecule has 4 unspecified atom stereocenters. The van der Waals surface area contributed by atoms with Crippen molar-refractivity contribution >= 4 is 5.97 Å². The van der Waals surface area contributed by atoms with E-state index in [0.717, 1.165) is 18.8 Å². The van der Waals surface area contributed by atoms with Crippen LogP contribution in [0.25, 0.3) is 0 Å². The van der Waals surface area contributed by atoms with Gasteiger partial charge in [0.1, 0.15) is 0 Å². The fraction of sp³-hybridized carbons (Fsp3) is 0.929. The van der Waals surface area contributed by atoms with Gasteiger partial charge >= 0.3 is 5.97 Å². The van der Waals surface area contributed by atoms with Crippen molar-refractivity contribution in [2.45, 2.75) is 65.5 Å². The highest BCUT2D eigenvalue weighted by Crippen LogP contribution is 2.33. The van der Waals surface area contributed by atoms with Gasteiger partial charge in [-0.3, -0.25) is 9.69 Å². The Balaban J connectivity index is 2.71. The predicted octanol–water partition coefficient (Wildman–Crippen LogP) is 3.00. The van der Waals surface area contributed by atoms with E-state index in [1.807, 2.05) is 0 Å². The first-order chi connectivity index (χ1) is 7.95. The van der Waals surface area contributed by atoms with E-state index >= 15 is 0 Å². The number of carbonyl (C=O) groups is 1. The summed E-state index contributed by atoms with van der Waals surface area (Å²) < 4.78 is 0. The molecular weight excluding hydrogens is 214 g/mol. The number of carboxylic acid groups (broad SMARTS) is 1. The molecule has 3 heteroatoms.